The van der Waals surface area contributed by atoms with Crippen molar-refractivity contribution in [3.8, 4) is 0 Å². The van der Waals surface area contributed by atoms with Crippen molar-refractivity contribution in [3.63, 3.8) is 0 Å². The maximum Gasteiger partial charge on any atom is 0.0346 e. The molecule has 2 heterocycles. The highest BCUT2D eigenvalue weighted by molar-refractivity contribution is 4.87. The van der Waals surface area contributed by atoms with Gasteiger partial charge in [0, 0.05) is 45.3 Å². The Balaban J connectivity index is 1.57. The van der Waals surface area contributed by atoms with E-state index in [2.05, 4.69) is 29.0 Å². The Labute approximate surface area is 100 Å². The summed E-state index contributed by atoms with van der Waals surface area (Å²) in [5.74, 6) is 0.863. The highest BCUT2D eigenvalue weighted by atomic mass is 15.3. The summed E-state index contributed by atoms with van der Waals surface area (Å²) in [6.45, 7) is 13.5. The lowest BCUT2D eigenvalue weighted by atomic mass is 10.1. The first-order valence-electron chi connectivity index (χ1n) is 6.93. The van der Waals surface area contributed by atoms with Crippen molar-refractivity contribution in [2.75, 3.05) is 45.8 Å². The molecule has 94 valence electrons. The van der Waals surface area contributed by atoms with E-state index in [0.717, 1.165) is 12.0 Å². The van der Waals surface area contributed by atoms with Crippen molar-refractivity contribution < 1.29 is 0 Å². The largest absolute Gasteiger partial charge is 0.314 e. The van der Waals surface area contributed by atoms with Gasteiger partial charge in [0.25, 0.3) is 0 Å². The van der Waals surface area contributed by atoms with Crippen LogP contribution in [-0.4, -0.2) is 61.7 Å². The van der Waals surface area contributed by atoms with Crippen molar-refractivity contribution in [1.82, 2.24) is 15.1 Å². The Morgan fingerprint density at radius 1 is 1.12 bits per heavy atom. The quantitative estimate of drug-likeness (QED) is 0.753. The van der Waals surface area contributed by atoms with E-state index in [-0.39, 0.29) is 0 Å². The molecule has 0 radical (unpaired) electrons. The lowest BCUT2D eigenvalue weighted by molar-refractivity contribution is 0.0717. The molecule has 0 aromatic heterocycles. The molecular formula is C13H27N3. The van der Waals surface area contributed by atoms with Crippen LogP contribution in [0.15, 0.2) is 0 Å². The number of rotatable bonds is 5. The second kappa shape index (κ2) is 5.99. The molecule has 0 atom stereocenters. The van der Waals surface area contributed by atoms with E-state index in [1.165, 1.54) is 58.7 Å². The molecule has 2 aliphatic rings. The smallest absolute Gasteiger partial charge is 0.0346 e. The molecule has 0 aliphatic carbocycles. The summed E-state index contributed by atoms with van der Waals surface area (Å²) >= 11 is 0. The first-order chi connectivity index (χ1) is 7.75. The third-order valence-electron chi connectivity index (χ3n) is 3.94. The molecule has 3 heteroatoms. The fourth-order valence-electron chi connectivity index (χ4n) is 2.61. The van der Waals surface area contributed by atoms with Crippen LogP contribution >= 0.6 is 0 Å². The monoisotopic (exact) mass is 225 g/mol. The Bertz CT molecular complexity index is 193. The fourth-order valence-corrected chi connectivity index (χ4v) is 2.61. The van der Waals surface area contributed by atoms with Gasteiger partial charge in [0.15, 0.2) is 0 Å². The summed E-state index contributed by atoms with van der Waals surface area (Å²) < 4.78 is 0. The van der Waals surface area contributed by atoms with Gasteiger partial charge in [-0.2, -0.15) is 0 Å². The van der Waals surface area contributed by atoms with Crippen LogP contribution in [0.3, 0.4) is 0 Å². The number of nitrogens with one attached hydrogen (secondary N) is 1. The lowest BCUT2D eigenvalue weighted by Crippen LogP contribution is -2.61. The Morgan fingerprint density at radius 2 is 1.81 bits per heavy atom. The Hall–Kier alpha value is -0.120. The predicted octanol–water partition coefficient (Wildman–Crippen LogP) is 1.01. The summed E-state index contributed by atoms with van der Waals surface area (Å²) in [7, 11) is 0. The van der Waals surface area contributed by atoms with Crippen molar-refractivity contribution in [1.29, 1.82) is 0 Å². The lowest BCUT2D eigenvalue weighted by Gasteiger charge is -2.43. The topological polar surface area (TPSA) is 18.5 Å². The van der Waals surface area contributed by atoms with Gasteiger partial charge in [-0.3, -0.25) is 4.90 Å². The van der Waals surface area contributed by atoms with E-state index in [4.69, 9.17) is 0 Å². The van der Waals surface area contributed by atoms with E-state index in [1.807, 2.05) is 0 Å². The predicted molar refractivity (Wildman–Crippen MR) is 68.7 cm³/mol. The third kappa shape index (κ3) is 3.44. The van der Waals surface area contributed by atoms with Crippen LogP contribution in [0.2, 0.25) is 0 Å². The molecule has 3 nitrogen and oxygen atoms in total. The first kappa shape index (κ1) is 12.3. The molecule has 0 aromatic carbocycles. The molecule has 2 fully saturated rings. The highest BCUT2D eigenvalue weighted by Crippen LogP contribution is 2.11. The van der Waals surface area contributed by atoms with Gasteiger partial charge in [-0.25, -0.2) is 0 Å². The molecular weight excluding hydrogens is 198 g/mol. The van der Waals surface area contributed by atoms with Gasteiger partial charge in [-0.05, 0) is 25.3 Å². The summed E-state index contributed by atoms with van der Waals surface area (Å²) in [6.07, 6.45) is 2.76. The van der Waals surface area contributed by atoms with Crippen LogP contribution < -0.4 is 5.32 Å². The second-order valence-electron chi connectivity index (χ2n) is 5.73. The third-order valence-corrected chi connectivity index (χ3v) is 3.94. The van der Waals surface area contributed by atoms with Gasteiger partial charge in [0.2, 0.25) is 0 Å². The zero-order chi connectivity index (χ0) is 11.4. The van der Waals surface area contributed by atoms with Crippen molar-refractivity contribution in [2.24, 2.45) is 5.92 Å². The van der Waals surface area contributed by atoms with Crippen LogP contribution in [-0.2, 0) is 0 Å². The molecule has 0 amide bonds. The minimum atomic E-state index is 0.845. The summed E-state index contributed by atoms with van der Waals surface area (Å²) in [6, 6.07) is 0.845. The standard InChI is InChI=1S/C13H27N3/c1-12(2)4-3-5-15-6-8-16(9-7-15)13-10-14-11-13/h12-14H,3-11H2,1-2H3. The number of piperazine rings is 1. The maximum atomic E-state index is 3.36. The normalized spacial score (nSPS) is 24.9. The van der Waals surface area contributed by atoms with Gasteiger partial charge in [-0.1, -0.05) is 13.8 Å². The van der Waals surface area contributed by atoms with Crippen LogP contribution in [0, 0.1) is 5.92 Å². The van der Waals surface area contributed by atoms with Crippen molar-refractivity contribution >= 4 is 0 Å². The summed E-state index contributed by atoms with van der Waals surface area (Å²) in [5, 5.41) is 3.36. The molecule has 0 unspecified atom stereocenters. The maximum absolute atomic E-state index is 3.36. The summed E-state index contributed by atoms with van der Waals surface area (Å²) in [5.41, 5.74) is 0. The SMILES string of the molecule is CC(C)CCCN1CCN(C2CNC2)CC1. The van der Waals surface area contributed by atoms with Gasteiger partial charge < -0.3 is 10.2 Å². The molecule has 16 heavy (non-hydrogen) atoms. The number of hydrogen-bond donors (Lipinski definition) is 1. The van der Waals surface area contributed by atoms with Crippen LogP contribution in [0.1, 0.15) is 26.7 Å². The van der Waals surface area contributed by atoms with E-state index in [9.17, 15) is 0 Å². The van der Waals surface area contributed by atoms with Crippen LogP contribution in [0.4, 0.5) is 0 Å². The Morgan fingerprint density at radius 3 is 2.31 bits per heavy atom. The average Bonchev–Trinajstić information content (AvgIpc) is 2.17. The van der Waals surface area contributed by atoms with E-state index < -0.39 is 0 Å². The van der Waals surface area contributed by atoms with Gasteiger partial charge in [0.1, 0.15) is 0 Å². The molecule has 0 aromatic rings. The van der Waals surface area contributed by atoms with Gasteiger partial charge in [-0.15, -0.1) is 0 Å². The van der Waals surface area contributed by atoms with Crippen LogP contribution in [0.25, 0.3) is 0 Å². The molecule has 2 saturated heterocycles. The molecule has 0 spiro atoms. The molecule has 1 N–H and O–H groups in total. The highest BCUT2D eigenvalue weighted by Gasteiger charge is 2.27. The van der Waals surface area contributed by atoms with Gasteiger partial charge >= 0.3 is 0 Å². The minimum Gasteiger partial charge on any atom is -0.314 e. The molecule has 0 saturated carbocycles. The van der Waals surface area contributed by atoms with Crippen molar-refractivity contribution in [2.45, 2.75) is 32.7 Å². The van der Waals surface area contributed by atoms with E-state index in [0.29, 0.717) is 0 Å². The summed E-state index contributed by atoms with van der Waals surface area (Å²) in [4.78, 5) is 5.31. The van der Waals surface area contributed by atoms with Crippen LogP contribution in [0.5, 0.6) is 0 Å². The van der Waals surface area contributed by atoms with Gasteiger partial charge in [0.05, 0.1) is 0 Å². The second-order valence-corrected chi connectivity index (χ2v) is 5.73. The first-order valence-corrected chi connectivity index (χ1v) is 6.93. The minimum absolute atomic E-state index is 0.845. The van der Waals surface area contributed by atoms with E-state index in [1.54, 1.807) is 0 Å². The zero-order valence-corrected chi connectivity index (χ0v) is 10.9. The number of nitrogens with zero attached hydrogens (tertiary/aromatic N) is 2. The van der Waals surface area contributed by atoms with Crippen molar-refractivity contribution in [3.05, 3.63) is 0 Å². The molecule has 0 bridgehead atoms. The molecule has 2 aliphatic heterocycles. The number of hydrogen-bond acceptors (Lipinski definition) is 3. The Kier molecular flexibility index (Phi) is 4.62. The fraction of sp³-hybridized carbons (Fsp3) is 1.00. The average molecular weight is 225 g/mol. The van der Waals surface area contributed by atoms with E-state index >= 15 is 0 Å². The zero-order valence-electron chi connectivity index (χ0n) is 10.9. The molecule has 2 rings (SSSR count).